The van der Waals surface area contributed by atoms with Gasteiger partial charge in [-0.25, -0.2) is 9.78 Å². The van der Waals surface area contributed by atoms with E-state index in [1.165, 1.54) is 18.3 Å². The minimum absolute atomic E-state index is 0.0739. The van der Waals surface area contributed by atoms with Crippen molar-refractivity contribution in [3.8, 4) is 0 Å². The van der Waals surface area contributed by atoms with Crippen molar-refractivity contribution in [3.63, 3.8) is 0 Å². The molecule has 2 aromatic rings. The molecule has 0 spiro atoms. The Morgan fingerprint density at radius 1 is 1.47 bits per heavy atom. The number of ether oxygens (including phenoxy) is 1. The van der Waals surface area contributed by atoms with Gasteiger partial charge in [0.15, 0.2) is 5.78 Å². The Labute approximate surface area is 114 Å². The summed E-state index contributed by atoms with van der Waals surface area (Å²) in [6.45, 7) is 5.26. The molecule has 2 heterocycles. The van der Waals surface area contributed by atoms with Gasteiger partial charge >= 0.3 is 5.97 Å². The van der Waals surface area contributed by atoms with Gasteiger partial charge in [-0.2, -0.15) is 0 Å². The molecule has 0 saturated heterocycles. The van der Waals surface area contributed by atoms with Gasteiger partial charge in [0, 0.05) is 16.6 Å². The van der Waals surface area contributed by atoms with E-state index in [4.69, 9.17) is 10.5 Å². The second kappa shape index (κ2) is 4.97. The Kier molecular flexibility index (Phi) is 3.53. The summed E-state index contributed by atoms with van der Waals surface area (Å²) >= 11 is 1.18. The molecule has 6 heteroatoms. The van der Waals surface area contributed by atoms with Gasteiger partial charge in [0.2, 0.25) is 0 Å². The molecular weight excluding hydrogens is 264 g/mol. The van der Waals surface area contributed by atoms with Crippen LogP contribution in [-0.4, -0.2) is 23.3 Å². The summed E-state index contributed by atoms with van der Waals surface area (Å²) in [5.41, 5.74) is 7.43. The summed E-state index contributed by atoms with van der Waals surface area (Å²) < 4.78 is 4.94. The first-order chi connectivity index (χ1) is 8.95. The summed E-state index contributed by atoms with van der Waals surface area (Å²) in [6, 6.07) is 1.69. The Hall–Kier alpha value is -1.95. The summed E-state index contributed by atoms with van der Waals surface area (Å²) in [4.78, 5) is 28.6. The van der Waals surface area contributed by atoms with Gasteiger partial charge in [-0.1, -0.05) is 0 Å². The predicted molar refractivity (Wildman–Crippen MR) is 74.7 cm³/mol. The van der Waals surface area contributed by atoms with Crippen LogP contribution in [0.25, 0.3) is 10.2 Å². The molecule has 0 aliphatic rings. The normalized spacial score (nSPS) is 10.7. The number of nitrogen functional groups attached to an aromatic ring is 1. The number of ketones is 1. The van der Waals surface area contributed by atoms with Crippen molar-refractivity contribution >= 4 is 39.0 Å². The third-order valence-corrected chi connectivity index (χ3v) is 3.85. The monoisotopic (exact) mass is 278 g/mol. The number of hydrogen-bond donors (Lipinski definition) is 1. The van der Waals surface area contributed by atoms with Crippen LogP contribution in [0.4, 0.5) is 5.69 Å². The molecule has 2 aromatic heterocycles. The van der Waals surface area contributed by atoms with Gasteiger partial charge in [0.1, 0.15) is 9.71 Å². The van der Waals surface area contributed by atoms with Crippen molar-refractivity contribution in [3.05, 3.63) is 22.2 Å². The molecule has 0 bridgehead atoms. The van der Waals surface area contributed by atoms with Crippen molar-refractivity contribution in [2.75, 3.05) is 12.3 Å². The number of esters is 1. The van der Waals surface area contributed by atoms with Crippen molar-refractivity contribution in [2.45, 2.75) is 20.8 Å². The number of carbonyl (C=O) groups is 2. The number of aryl methyl sites for hydroxylation is 1. The number of nitrogens with two attached hydrogens (primary N) is 1. The van der Waals surface area contributed by atoms with Crippen LogP contribution in [0.1, 0.15) is 39.6 Å². The van der Waals surface area contributed by atoms with Crippen LogP contribution in [0.5, 0.6) is 0 Å². The molecular formula is C13H14N2O3S. The van der Waals surface area contributed by atoms with Crippen molar-refractivity contribution in [1.82, 2.24) is 4.98 Å². The highest BCUT2D eigenvalue weighted by Crippen LogP contribution is 2.34. The maximum atomic E-state index is 11.8. The van der Waals surface area contributed by atoms with Gasteiger partial charge in [-0.3, -0.25) is 4.79 Å². The molecule has 2 N–H and O–H groups in total. The lowest BCUT2D eigenvalue weighted by molar-refractivity contribution is 0.0533. The molecule has 100 valence electrons. The second-order valence-corrected chi connectivity index (χ2v) is 5.09. The first kappa shape index (κ1) is 13.5. The Balaban J connectivity index is 2.64. The highest BCUT2D eigenvalue weighted by Gasteiger charge is 2.20. The van der Waals surface area contributed by atoms with E-state index in [0.29, 0.717) is 32.0 Å². The van der Waals surface area contributed by atoms with Gasteiger partial charge in [0.05, 0.1) is 12.3 Å². The fourth-order valence-corrected chi connectivity index (χ4v) is 2.85. The van der Waals surface area contributed by atoms with Gasteiger partial charge < -0.3 is 10.5 Å². The number of thiophene rings is 1. The zero-order valence-electron chi connectivity index (χ0n) is 10.9. The van der Waals surface area contributed by atoms with E-state index in [1.54, 1.807) is 19.9 Å². The number of aromatic nitrogens is 1. The third kappa shape index (κ3) is 2.31. The van der Waals surface area contributed by atoms with Gasteiger partial charge in [-0.15, -0.1) is 11.3 Å². The average Bonchev–Trinajstić information content (AvgIpc) is 2.65. The maximum absolute atomic E-state index is 11.8. The van der Waals surface area contributed by atoms with Crippen LogP contribution in [0, 0.1) is 6.92 Å². The third-order valence-electron chi connectivity index (χ3n) is 2.75. The number of nitrogens with zero attached hydrogens (tertiary/aromatic N) is 1. The topological polar surface area (TPSA) is 82.3 Å². The number of rotatable bonds is 3. The molecule has 5 nitrogen and oxygen atoms in total. The quantitative estimate of drug-likeness (QED) is 0.689. The first-order valence-corrected chi connectivity index (χ1v) is 6.65. The summed E-state index contributed by atoms with van der Waals surface area (Å²) in [5.74, 6) is -0.528. The minimum Gasteiger partial charge on any atom is -0.462 e. The highest BCUT2D eigenvalue weighted by atomic mass is 32.1. The number of hydrogen-bond acceptors (Lipinski definition) is 6. The average molecular weight is 278 g/mol. The molecule has 0 aromatic carbocycles. The van der Waals surface area contributed by atoms with E-state index >= 15 is 0 Å². The number of anilines is 1. The summed E-state index contributed by atoms with van der Waals surface area (Å²) in [7, 11) is 0. The standard InChI is InChI=1S/C13H14N2O3S/c1-4-18-13(17)11-10(14)9-5-8(7(3)16)6(2)15-12(9)19-11/h5H,4,14H2,1-3H3. The molecule has 0 aliphatic carbocycles. The van der Waals surface area contributed by atoms with Crippen LogP contribution < -0.4 is 5.73 Å². The van der Waals surface area contributed by atoms with Crippen LogP contribution >= 0.6 is 11.3 Å². The Bertz CT molecular complexity index is 676. The van der Waals surface area contributed by atoms with E-state index in [2.05, 4.69) is 4.98 Å². The van der Waals surface area contributed by atoms with Crippen molar-refractivity contribution in [2.24, 2.45) is 0 Å². The molecule has 0 unspecified atom stereocenters. The SMILES string of the molecule is CCOC(=O)c1sc2nc(C)c(C(C)=O)cc2c1N. The predicted octanol–water partition coefficient (Wildman–Crippen LogP) is 2.57. The van der Waals surface area contributed by atoms with Crippen molar-refractivity contribution < 1.29 is 14.3 Å². The van der Waals surface area contributed by atoms with Crippen LogP contribution in [0.15, 0.2) is 6.07 Å². The van der Waals surface area contributed by atoms with E-state index in [1.807, 2.05) is 0 Å². The lowest BCUT2D eigenvalue weighted by atomic mass is 10.1. The largest absolute Gasteiger partial charge is 0.462 e. The molecule has 19 heavy (non-hydrogen) atoms. The fourth-order valence-electron chi connectivity index (χ4n) is 1.83. The van der Waals surface area contributed by atoms with Crippen molar-refractivity contribution in [1.29, 1.82) is 0 Å². The maximum Gasteiger partial charge on any atom is 0.350 e. The van der Waals surface area contributed by atoms with E-state index in [0.717, 1.165) is 0 Å². The first-order valence-electron chi connectivity index (χ1n) is 5.83. The molecule has 0 radical (unpaired) electrons. The Morgan fingerprint density at radius 3 is 2.74 bits per heavy atom. The van der Waals surface area contributed by atoms with E-state index in [9.17, 15) is 9.59 Å². The number of Topliss-reactive ketones (excluding diaryl/α,β-unsaturated/α-hetero) is 1. The summed E-state index contributed by atoms with van der Waals surface area (Å²) in [6.07, 6.45) is 0. The van der Waals surface area contributed by atoms with Crippen LogP contribution in [-0.2, 0) is 4.74 Å². The second-order valence-electron chi connectivity index (χ2n) is 4.10. The highest BCUT2D eigenvalue weighted by molar-refractivity contribution is 7.21. The zero-order valence-corrected chi connectivity index (χ0v) is 11.8. The summed E-state index contributed by atoms with van der Waals surface area (Å²) in [5, 5.41) is 0.629. The molecule has 0 atom stereocenters. The molecule has 0 saturated carbocycles. The lowest BCUT2D eigenvalue weighted by Crippen LogP contribution is -2.04. The van der Waals surface area contributed by atoms with Crippen LogP contribution in [0.3, 0.4) is 0 Å². The number of carbonyl (C=O) groups excluding carboxylic acids is 2. The minimum atomic E-state index is -0.454. The molecule has 0 fully saturated rings. The lowest BCUT2D eigenvalue weighted by Gasteiger charge is -2.01. The zero-order chi connectivity index (χ0) is 14.2. The Morgan fingerprint density at radius 2 is 2.16 bits per heavy atom. The van der Waals surface area contributed by atoms with E-state index in [-0.39, 0.29) is 12.4 Å². The smallest absolute Gasteiger partial charge is 0.350 e. The number of pyridine rings is 1. The molecule has 0 amide bonds. The number of fused-ring (bicyclic) bond motifs is 1. The molecule has 0 aliphatic heterocycles. The van der Waals surface area contributed by atoms with Crippen LogP contribution in [0.2, 0.25) is 0 Å². The van der Waals surface area contributed by atoms with E-state index < -0.39 is 5.97 Å². The fraction of sp³-hybridized carbons (Fsp3) is 0.308. The van der Waals surface area contributed by atoms with Gasteiger partial charge in [-0.05, 0) is 26.8 Å². The molecule has 2 rings (SSSR count). The van der Waals surface area contributed by atoms with Gasteiger partial charge in [0.25, 0.3) is 0 Å².